The van der Waals surface area contributed by atoms with Crippen molar-refractivity contribution >= 4 is 11.4 Å². The highest BCUT2D eigenvalue weighted by Gasteiger charge is 2.02. The van der Waals surface area contributed by atoms with E-state index in [1.807, 2.05) is 49.4 Å². The number of aryl methyl sites for hydroxylation is 1. The molecule has 2 aromatic carbocycles. The monoisotopic (exact) mass is 314 g/mol. The largest absolute Gasteiger partial charge is 0.494 e. The number of hydrogen-bond donors (Lipinski definition) is 2. The van der Waals surface area contributed by atoms with Gasteiger partial charge in [-0.25, -0.2) is 0 Å². The van der Waals surface area contributed by atoms with Gasteiger partial charge in [0.15, 0.2) is 0 Å². The number of hydrogen-bond acceptors (Lipinski definition) is 4. The van der Waals surface area contributed by atoms with Crippen LogP contribution in [0.1, 0.15) is 31.2 Å². The molecule has 4 N–H and O–H groups in total. The molecule has 0 aliphatic carbocycles. The van der Waals surface area contributed by atoms with E-state index in [2.05, 4.69) is 0 Å². The third-order valence-electron chi connectivity index (χ3n) is 3.73. The van der Waals surface area contributed by atoms with E-state index in [0.717, 1.165) is 60.7 Å². The highest BCUT2D eigenvalue weighted by Crippen LogP contribution is 2.24. The van der Waals surface area contributed by atoms with Gasteiger partial charge in [-0.05, 0) is 68.5 Å². The van der Waals surface area contributed by atoms with E-state index in [1.165, 1.54) is 0 Å². The van der Waals surface area contributed by atoms with Crippen molar-refractivity contribution in [1.29, 1.82) is 0 Å². The van der Waals surface area contributed by atoms with Gasteiger partial charge in [0.1, 0.15) is 11.5 Å². The van der Waals surface area contributed by atoms with Crippen molar-refractivity contribution in [2.75, 3.05) is 24.7 Å². The van der Waals surface area contributed by atoms with Gasteiger partial charge in [0.2, 0.25) is 0 Å². The summed E-state index contributed by atoms with van der Waals surface area (Å²) in [5, 5.41) is 0. The summed E-state index contributed by atoms with van der Waals surface area (Å²) in [6.45, 7) is 3.42. The minimum Gasteiger partial charge on any atom is -0.494 e. The molecular formula is C19H26N2O2. The number of benzene rings is 2. The highest BCUT2D eigenvalue weighted by molar-refractivity contribution is 5.57. The Balaban J connectivity index is 1.52. The zero-order valence-corrected chi connectivity index (χ0v) is 13.8. The Labute approximate surface area is 138 Å². The Morgan fingerprint density at radius 2 is 1.43 bits per heavy atom. The van der Waals surface area contributed by atoms with E-state index in [9.17, 15) is 0 Å². The van der Waals surface area contributed by atoms with Crippen LogP contribution in [-0.4, -0.2) is 13.2 Å². The Morgan fingerprint density at radius 3 is 2.13 bits per heavy atom. The van der Waals surface area contributed by atoms with Crippen molar-refractivity contribution in [3.8, 4) is 11.5 Å². The summed E-state index contributed by atoms with van der Waals surface area (Å²) in [6.07, 6.45) is 4.31. The standard InChI is InChI=1S/C19H26N2O2/c1-15-7-6-8-18(19(15)21)23-14-5-3-2-4-13-22-17-11-9-16(20)10-12-17/h6-12H,2-5,13-14,20-21H2,1H3. The second-order valence-electron chi connectivity index (χ2n) is 5.67. The zero-order chi connectivity index (χ0) is 16.5. The van der Waals surface area contributed by atoms with Crippen molar-refractivity contribution in [2.24, 2.45) is 0 Å². The number of ether oxygens (including phenoxy) is 2. The zero-order valence-electron chi connectivity index (χ0n) is 13.8. The number of para-hydroxylation sites is 1. The molecule has 0 saturated carbocycles. The van der Waals surface area contributed by atoms with Gasteiger partial charge in [0, 0.05) is 5.69 Å². The molecule has 0 spiro atoms. The first kappa shape index (κ1) is 17.0. The van der Waals surface area contributed by atoms with Crippen LogP contribution in [0, 0.1) is 6.92 Å². The van der Waals surface area contributed by atoms with Crippen molar-refractivity contribution in [3.63, 3.8) is 0 Å². The first-order valence-electron chi connectivity index (χ1n) is 8.13. The maximum absolute atomic E-state index is 5.98. The maximum atomic E-state index is 5.98. The lowest BCUT2D eigenvalue weighted by atomic mass is 10.2. The predicted molar refractivity (Wildman–Crippen MR) is 95.9 cm³/mol. The molecule has 124 valence electrons. The Morgan fingerprint density at radius 1 is 0.783 bits per heavy atom. The summed E-state index contributed by atoms with van der Waals surface area (Å²) in [6, 6.07) is 13.4. The van der Waals surface area contributed by atoms with E-state index < -0.39 is 0 Å². The van der Waals surface area contributed by atoms with Crippen LogP contribution in [0.3, 0.4) is 0 Å². The molecule has 2 rings (SSSR count). The van der Waals surface area contributed by atoms with Crippen molar-refractivity contribution in [1.82, 2.24) is 0 Å². The number of unbranched alkanes of at least 4 members (excludes halogenated alkanes) is 3. The molecule has 4 heteroatoms. The highest BCUT2D eigenvalue weighted by atomic mass is 16.5. The van der Waals surface area contributed by atoms with E-state index in [0.29, 0.717) is 6.61 Å². The summed E-state index contributed by atoms with van der Waals surface area (Å²) >= 11 is 0. The second-order valence-corrected chi connectivity index (χ2v) is 5.67. The van der Waals surface area contributed by atoms with Crippen LogP contribution < -0.4 is 20.9 Å². The minimum atomic E-state index is 0.701. The van der Waals surface area contributed by atoms with E-state index in [1.54, 1.807) is 0 Å². The Hall–Kier alpha value is -2.36. The van der Waals surface area contributed by atoms with Crippen LogP contribution in [0.15, 0.2) is 42.5 Å². The Bertz CT molecular complexity index is 597. The summed E-state index contributed by atoms with van der Waals surface area (Å²) in [5.41, 5.74) is 14.2. The third kappa shape index (κ3) is 5.74. The van der Waals surface area contributed by atoms with Crippen LogP contribution in [0.25, 0.3) is 0 Å². The summed E-state index contributed by atoms with van der Waals surface area (Å²) in [7, 11) is 0. The molecule has 0 aromatic heterocycles. The molecule has 0 unspecified atom stereocenters. The van der Waals surface area contributed by atoms with Crippen LogP contribution >= 0.6 is 0 Å². The van der Waals surface area contributed by atoms with E-state index in [-0.39, 0.29) is 0 Å². The SMILES string of the molecule is Cc1cccc(OCCCCCCOc2ccc(N)cc2)c1N. The fourth-order valence-electron chi connectivity index (χ4n) is 2.27. The van der Waals surface area contributed by atoms with E-state index >= 15 is 0 Å². The molecule has 0 aliphatic rings. The summed E-state index contributed by atoms with van der Waals surface area (Å²) < 4.78 is 11.4. The molecule has 0 amide bonds. The number of rotatable bonds is 9. The number of anilines is 2. The molecule has 0 radical (unpaired) electrons. The molecule has 2 aromatic rings. The van der Waals surface area contributed by atoms with Gasteiger partial charge in [0.25, 0.3) is 0 Å². The van der Waals surface area contributed by atoms with Gasteiger partial charge in [-0.2, -0.15) is 0 Å². The van der Waals surface area contributed by atoms with Crippen molar-refractivity contribution in [3.05, 3.63) is 48.0 Å². The third-order valence-corrected chi connectivity index (χ3v) is 3.73. The molecule has 4 nitrogen and oxygen atoms in total. The summed E-state index contributed by atoms with van der Waals surface area (Å²) in [5.74, 6) is 1.66. The lowest BCUT2D eigenvalue weighted by molar-refractivity contribution is 0.288. The fraction of sp³-hybridized carbons (Fsp3) is 0.368. The van der Waals surface area contributed by atoms with Gasteiger partial charge in [-0.1, -0.05) is 12.1 Å². The van der Waals surface area contributed by atoms with Crippen molar-refractivity contribution < 1.29 is 9.47 Å². The molecule has 0 fully saturated rings. The molecule has 0 saturated heterocycles. The molecule has 0 heterocycles. The lowest BCUT2D eigenvalue weighted by Gasteiger charge is -2.10. The normalized spacial score (nSPS) is 10.5. The summed E-state index contributed by atoms with van der Waals surface area (Å²) in [4.78, 5) is 0. The van der Waals surface area contributed by atoms with Crippen LogP contribution in [-0.2, 0) is 0 Å². The van der Waals surface area contributed by atoms with Gasteiger partial charge >= 0.3 is 0 Å². The van der Waals surface area contributed by atoms with Gasteiger partial charge in [-0.3, -0.25) is 0 Å². The van der Waals surface area contributed by atoms with Gasteiger partial charge in [0.05, 0.1) is 18.9 Å². The molecule has 0 bridgehead atoms. The minimum absolute atomic E-state index is 0.701. The quantitative estimate of drug-likeness (QED) is 0.538. The van der Waals surface area contributed by atoms with Crippen LogP contribution in [0.2, 0.25) is 0 Å². The van der Waals surface area contributed by atoms with Gasteiger partial charge < -0.3 is 20.9 Å². The predicted octanol–water partition coefficient (Wildman–Crippen LogP) is 4.18. The van der Waals surface area contributed by atoms with Gasteiger partial charge in [-0.15, -0.1) is 0 Å². The first-order valence-corrected chi connectivity index (χ1v) is 8.13. The smallest absolute Gasteiger partial charge is 0.142 e. The molecule has 23 heavy (non-hydrogen) atoms. The molecular weight excluding hydrogens is 288 g/mol. The Kier molecular flexibility index (Phi) is 6.60. The fourth-order valence-corrected chi connectivity index (χ4v) is 2.27. The second kappa shape index (κ2) is 8.93. The average molecular weight is 314 g/mol. The first-order chi connectivity index (χ1) is 11.2. The van der Waals surface area contributed by atoms with Crippen LogP contribution in [0.4, 0.5) is 11.4 Å². The van der Waals surface area contributed by atoms with Crippen LogP contribution in [0.5, 0.6) is 11.5 Å². The molecule has 0 atom stereocenters. The lowest BCUT2D eigenvalue weighted by Crippen LogP contribution is -2.02. The van der Waals surface area contributed by atoms with Crippen molar-refractivity contribution in [2.45, 2.75) is 32.6 Å². The maximum Gasteiger partial charge on any atom is 0.142 e. The van der Waals surface area contributed by atoms with E-state index in [4.69, 9.17) is 20.9 Å². The molecule has 0 aliphatic heterocycles. The average Bonchev–Trinajstić information content (AvgIpc) is 2.55. The number of nitrogen functional groups attached to an aromatic ring is 2. The topological polar surface area (TPSA) is 70.5 Å². The number of nitrogens with two attached hydrogens (primary N) is 2.